The molecule has 1 atom stereocenters. The summed E-state index contributed by atoms with van der Waals surface area (Å²) in [6, 6.07) is 8.07. The lowest BCUT2D eigenvalue weighted by atomic mass is 10.1. The van der Waals surface area contributed by atoms with Crippen LogP contribution in [-0.2, 0) is 9.47 Å². The van der Waals surface area contributed by atoms with Crippen molar-refractivity contribution in [2.24, 2.45) is 10.9 Å². The Bertz CT molecular complexity index is 614. The number of nitrogens with zero attached hydrogens (tertiary/aromatic N) is 3. The molecule has 0 aromatic heterocycles. The van der Waals surface area contributed by atoms with Gasteiger partial charge < -0.3 is 24.6 Å². The summed E-state index contributed by atoms with van der Waals surface area (Å²) in [6.45, 7) is 10.9. The van der Waals surface area contributed by atoms with Gasteiger partial charge >= 0.3 is 0 Å². The van der Waals surface area contributed by atoms with Crippen molar-refractivity contribution in [1.29, 1.82) is 0 Å². The number of benzene rings is 1. The maximum atomic E-state index is 6.35. The van der Waals surface area contributed by atoms with Crippen LogP contribution in [0.5, 0.6) is 0 Å². The van der Waals surface area contributed by atoms with Crippen LogP contribution >= 0.6 is 11.6 Å². The Labute approximate surface area is 173 Å². The van der Waals surface area contributed by atoms with E-state index >= 15 is 0 Å². The standard InChI is InChI=1S/C21H33ClN4O2/c1-2-23-21(24-9-5-14-27-16-18-8-15-28-17-18)26-12-10-25(11-13-26)20-7-4-3-6-19(20)22/h3-4,6-7,18H,2,5,8-17H2,1H3,(H,23,24). The van der Waals surface area contributed by atoms with Crippen LogP contribution < -0.4 is 10.2 Å². The van der Waals surface area contributed by atoms with Gasteiger partial charge in [0.25, 0.3) is 0 Å². The van der Waals surface area contributed by atoms with Gasteiger partial charge in [-0.05, 0) is 31.9 Å². The van der Waals surface area contributed by atoms with Crippen LogP contribution in [0.25, 0.3) is 0 Å². The van der Waals surface area contributed by atoms with E-state index in [9.17, 15) is 0 Å². The number of halogens is 1. The van der Waals surface area contributed by atoms with Gasteiger partial charge in [0.1, 0.15) is 0 Å². The summed E-state index contributed by atoms with van der Waals surface area (Å²) in [6.07, 6.45) is 2.07. The molecule has 0 aliphatic carbocycles. The van der Waals surface area contributed by atoms with Gasteiger partial charge in [-0.25, -0.2) is 0 Å². The highest BCUT2D eigenvalue weighted by Gasteiger charge is 2.21. The quantitative estimate of drug-likeness (QED) is 0.407. The van der Waals surface area contributed by atoms with E-state index in [1.807, 2.05) is 18.2 Å². The first-order valence-electron chi connectivity index (χ1n) is 10.5. The number of rotatable bonds is 8. The third-order valence-electron chi connectivity index (χ3n) is 5.19. The minimum Gasteiger partial charge on any atom is -0.381 e. The van der Waals surface area contributed by atoms with E-state index < -0.39 is 0 Å². The molecule has 28 heavy (non-hydrogen) atoms. The SMILES string of the molecule is CCNC(=NCCCOCC1CCOC1)N1CCN(c2ccccc2Cl)CC1. The van der Waals surface area contributed by atoms with Crippen LogP contribution in [0.1, 0.15) is 19.8 Å². The number of guanidine groups is 1. The normalized spacial score (nSPS) is 20.6. The molecule has 2 fully saturated rings. The number of ether oxygens (including phenoxy) is 2. The number of piperazine rings is 1. The largest absolute Gasteiger partial charge is 0.381 e. The van der Waals surface area contributed by atoms with Gasteiger partial charge in [-0.2, -0.15) is 0 Å². The van der Waals surface area contributed by atoms with Crippen molar-refractivity contribution in [3.8, 4) is 0 Å². The summed E-state index contributed by atoms with van der Waals surface area (Å²) in [5, 5.41) is 4.25. The van der Waals surface area contributed by atoms with Crippen LogP contribution in [0.3, 0.4) is 0 Å². The second-order valence-electron chi connectivity index (χ2n) is 7.32. The summed E-state index contributed by atoms with van der Waals surface area (Å²) in [7, 11) is 0. The Hall–Kier alpha value is -1.50. The van der Waals surface area contributed by atoms with Gasteiger partial charge in [0, 0.05) is 58.4 Å². The predicted octanol–water partition coefficient (Wildman–Crippen LogP) is 2.87. The van der Waals surface area contributed by atoms with Crippen LogP contribution in [0.4, 0.5) is 5.69 Å². The fraction of sp³-hybridized carbons (Fsp3) is 0.667. The molecule has 0 amide bonds. The molecule has 1 unspecified atom stereocenters. The zero-order chi connectivity index (χ0) is 19.6. The molecule has 0 bridgehead atoms. The van der Waals surface area contributed by atoms with Crippen LogP contribution in [0.15, 0.2) is 29.3 Å². The second-order valence-corrected chi connectivity index (χ2v) is 7.73. The maximum absolute atomic E-state index is 6.35. The molecule has 0 spiro atoms. The summed E-state index contributed by atoms with van der Waals surface area (Å²) >= 11 is 6.35. The lowest BCUT2D eigenvalue weighted by molar-refractivity contribution is 0.0893. The Morgan fingerprint density at radius 3 is 2.82 bits per heavy atom. The highest BCUT2D eigenvalue weighted by Crippen LogP contribution is 2.26. The fourth-order valence-electron chi connectivity index (χ4n) is 3.61. The topological polar surface area (TPSA) is 49.3 Å². The molecule has 0 radical (unpaired) electrons. The summed E-state index contributed by atoms with van der Waals surface area (Å²) in [5.74, 6) is 1.58. The number of nitrogens with one attached hydrogen (secondary N) is 1. The average Bonchev–Trinajstić information content (AvgIpc) is 3.24. The van der Waals surface area contributed by atoms with Gasteiger partial charge in [0.2, 0.25) is 0 Å². The van der Waals surface area contributed by atoms with Crippen LogP contribution in [0, 0.1) is 5.92 Å². The van der Waals surface area contributed by atoms with Crippen molar-refractivity contribution in [3.05, 3.63) is 29.3 Å². The number of anilines is 1. The first-order valence-corrected chi connectivity index (χ1v) is 10.8. The van der Waals surface area contributed by atoms with Crippen molar-refractivity contribution < 1.29 is 9.47 Å². The fourth-order valence-corrected chi connectivity index (χ4v) is 3.86. The zero-order valence-corrected chi connectivity index (χ0v) is 17.7. The van der Waals surface area contributed by atoms with E-state index in [4.69, 9.17) is 26.1 Å². The molecule has 2 saturated heterocycles. The second kappa shape index (κ2) is 11.5. The van der Waals surface area contributed by atoms with Gasteiger partial charge in [-0.1, -0.05) is 23.7 Å². The van der Waals surface area contributed by atoms with Gasteiger partial charge in [-0.15, -0.1) is 0 Å². The lowest BCUT2D eigenvalue weighted by Gasteiger charge is -2.38. The smallest absolute Gasteiger partial charge is 0.194 e. The van der Waals surface area contributed by atoms with E-state index in [1.54, 1.807) is 0 Å². The van der Waals surface area contributed by atoms with Crippen molar-refractivity contribution >= 4 is 23.2 Å². The molecule has 3 rings (SSSR count). The van der Waals surface area contributed by atoms with Gasteiger partial charge in [-0.3, -0.25) is 4.99 Å². The van der Waals surface area contributed by atoms with Crippen LogP contribution in [0.2, 0.25) is 5.02 Å². The predicted molar refractivity (Wildman–Crippen MR) is 116 cm³/mol. The number of hydrogen-bond acceptors (Lipinski definition) is 4. The lowest BCUT2D eigenvalue weighted by Crippen LogP contribution is -2.52. The first kappa shape index (κ1) is 21.2. The number of aliphatic imine (C=N–C) groups is 1. The summed E-state index contributed by atoms with van der Waals surface area (Å²) in [5.41, 5.74) is 1.12. The molecule has 1 aromatic rings. The molecule has 0 saturated carbocycles. The average molecular weight is 409 g/mol. The highest BCUT2D eigenvalue weighted by molar-refractivity contribution is 6.33. The Kier molecular flexibility index (Phi) is 8.70. The molecular weight excluding hydrogens is 376 g/mol. The molecule has 7 heteroatoms. The molecule has 2 heterocycles. The zero-order valence-electron chi connectivity index (χ0n) is 16.9. The van der Waals surface area contributed by atoms with Crippen molar-refractivity contribution in [1.82, 2.24) is 10.2 Å². The molecule has 2 aliphatic rings. The van der Waals surface area contributed by atoms with Crippen molar-refractivity contribution in [2.45, 2.75) is 19.8 Å². The molecular formula is C21H33ClN4O2. The summed E-state index contributed by atoms with van der Waals surface area (Å²) < 4.78 is 11.2. The Morgan fingerprint density at radius 2 is 2.11 bits per heavy atom. The van der Waals surface area contributed by atoms with Crippen molar-refractivity contribution in [2.75, 3.05) is 70.6 Å². The van der Waals surface area contributed by atoms with E-state index in [-0.39, 0.29) is 0 Å². The Balaban J connectivity index is 1.41. The van der Waals surface area contributed by atoms with Gasteiger partial charge in [0.05, 0.1) is 23.9 Å². The number of para-hydroxylation sites is 1. The van der Waals surface area contributed by atoms with Gasteiger partial charge in [0.15, 0.2) is 5.96 Å². The van der Waals surface area contributed by atoms with E-state index in [0.717, 1.165) is 95.2 Å². The Morgan fingerprint density at radius 1 is 1.29 bits per heavy atom. The first-order chi connectivity index (χ1) is 13.8. The molecule has 1 N–H and O–H groups in total. The van der Waals surface area contributed by atoms with E-state index in [1.165, 1.54) is 0 Å². The van der Waals surface area contributed by atoms with Crippen LogP contribution in [-0.4, -0.2) is 76.6 Å². The number of hydrogen-bond donors (Lipinski definition) is 1. The minimum atomic E-state index is 0.579. The highest BCUT2D eigenvalue weighted by atomic mass is 35.5. The molecule has 6 nitrogen and oxygen atoms in total. The molecule has 1 aromatic carbocycles. The molecule has 2 aliphatic heterocycles. The maximum Gasteiger partial charge on any atom is 0.194 e. The molecule has 156 valence electrons. The van der Waals surface area contributed by atoms with Crippen molar-refractivity contribution in [3.63, 3.8) is 0 Å². The minimum absolute atomic E-state index is 0.579. The van der Waals surface area contributed by atoms with E-state index in [0.29, 0.717) is 5.92 Å². The summed E-state index contributed by atoms with van der Waals surface area (Å²) in [4.78, 5) is 9.50. The van der Waals surface area contributed by atoms with E-state index in [2.05, 4.69) is 28.1 Å². The third kappa shape index (κ3) is 6.26. The third-order valence-corrected chi connectivity index (χ3v) is 5.51. The monoisotopic (exact) mass is 408 g/mol.